The summed E-state index contributed by atoms with van der Waals surface area (Å²) in [5, 5.41) is 2.84. The van der Waals surface area contributed by atoms with Gasteiger partial charge in [-0.3, -0.25) is 4.79 Å². The van der Waals surface area contributed by atoms with Crippen LogP contribution < -0.4 is 10.2 Å². The second kappa shape index (κ2) is 10.3. The van der Waals surface area contributed by atoms with E-state index >= 15 is 0 Å². The second-order valence-electron chi connectivity index (χ2n) is 9.58. The van der Waals surface area contributed by atoms with Gasteiger partial charge < -0.3 is 24.7 Å². The first kappa shape index (κ1) is 25.5. The van der Waals surface area contributed by atoms with Crippen molar-refractivity contribution in [3.05, 3.63) is 72.6 Å². The lowest BCUT2D eigenvalue weighted by Crippen LogP contribution is -2.44. The van der Waals surface area contributed by atoms with Crippen LogP contribution in [0.2, 0.25) is 0 Å². The molecule has 2 aromatic heterocycles. The van der Waals surface area contributed by atoms with Crippen molar-refractivity contribution in [2.75, 3.05) is 43.4 Å². The van der Waals surface area contributed by atoms with Gasteiger partial charge in [-0.2, -0.15) is 0 Å². The van der Waals surface area contributed by atoms with E-state index in [2.05, 4.69) is 37.1 Å². The van der Waals surface area contributed by atoms with Crippen LogP contribution in [0, 0.1) is 5.82 Å². The van der Waals surface area contributed by atoms with Crippen molar-refractivity contribution < 1.29 is 18.0 Å². The highest BCUT2D eigenvalue weighted by molar-refractivity contribution is 6.03. The Morgan fingerprint density at radius 1 is 1.03 bits per heavy atom. The van der Waals surface area contributed by atoms with Gasteiger partial charge in [-0.05, 0) is 55.6 Å². The van der Waals surface area contributed by atoms with Gasteiger partial charge in [-0.15, -0.1) is 0 Å². The normalized spacial score (nSPS) is 14.6. The summed E-state index contributed by atoms with van der Waals surface area (Å²) in [5.41, 5.74) is 3.01. The summed E-state index contributed by atoms with van der Waals surface area (Å²) in [7, 11) is 2.10. The molecule has 1 aliphatic heterocycles. The van der Waals surface area contributed by atoms with Gasteiger partial charge >= 0.3 is 0 Å². The molecule has 0 spiro atoms. The Kier molecular flexibility index (Phi) is 6.94. The Morgan fingerprint density at radius 3 is 2.37 bits per heavy atom. The Bertz CT molecular complexity index is 1400. The highest BCUT2D eigenvalue weighted by atomic mass is 19.3. The minimum Gasteiger partial charge on any atom is -0.369 e. The number of piperazine rings is 1. The van der Waals surface area contributed by atoms with Crippen LogP contribution >= 0.6 is 0 Å². The van der Waals surface area contributed by atoms with Crippen molar-refractivity contribution >= 4 is 17.3 Å². The van der Waals surface area contributed by atoms with Crippen LogP contribution in [0.1, 0.15) is 17.4 Å². The molecule has 0 saturated carbocycles. The van der Waals surface area contributed by atoms with Gasteiger partial charge in [0.25, 0.3) is 11.8 Å². The van der Waals surface area contributed by atoms with Crippen molar-refractivity contribution in [3.8, 4) is 22.8 Å². The minimum absolute atomic E-state index is 0.157. The number of imidazole rings is 2. The third kappa shape index (κ3) is 5.72. The summed E-state index contributed by atoms with van der Waals surface area (Å²) in [5.74, 6) is -3.67. The smallest absolute Gasteiger partial charge is 0.273 e. The van der Waals surface area contributed by atoms with E-state index in [0.29, 0.717) is 16.9 Å². The summed E-state index contributed by atoms with van der Waals surface area (Å²) < 4.78 is 42.6. The number of aromatic nitrogens is 4. The molecule has 0 aliphatic carbocycles. The van der Waals surface area contributed by atoms with E-state index in [1.54, 1.807) is 0 Å². The number of hydrogen-bond acceptors (Lipinski definition) is 5. The highest BCUT2D eigenvalue weighted by Crippen LogP contribution is 2.31. The second-order valence-corrected chi connectivity index (χ2v) is 9.58. The quantitative estimate of drug-likeness (QED) is 0.366. The number of nitrogens with zero attached hydrogens (tertiary/aromatic N) is 5. The molecule has 1 amide bonds. The van der Waals surface area contributed by atoms with Gasteiger partial charge in [0.2, 0.25) is 0 Å². The monoisotopic (exact) mass is 523 g/mol. The predicted octanol–water partition coefficient (Wildman–Crippen LogP) is 4.74. The number of hydrogen-bond donors (Lipinski definition) is 2. The minimum atomic E-state index is -3.02. The number of H-pyrrole nitrogens is 1. The average molecular weight is 524 g/mol. The summed E-state index contributed by atoms with van der Waals surface area (Å²) in [6.45, 7) is 4.05. The number of carbonyl (C=O) groups is 1. The summed E-state index contributed by atoms with van der Waals surface area (Å²) >= 11 is 0. The fourth-order valence-corrected chi connectivity index (χ4v) is 4.44. The van der Waals surface area contributed by atoms with Crippen LogP contribution in [0.4, 0.5) is 24.5 Å². The van der Waals surface area contributed by atoms with Crippen molar-refractivity contribution in [3.63, 3.8) is 0 Å². The zero-order chi connectivity index (χ0) is 26.9. The van der Waals surface area contributed by atoms with Crippen molar-refractivity contribution in [1.29, 1.82) is 0 Å². The molecule has 0 bridgehead atoms. The molecular weight excluding hydrogens is 495 g/mol. The van der Waals surface area contributed by atoms with E-state index in [0.717, 1.165) is 38.8 Å². The van der Waals surface area contributed by atoms with Gasteiger partial charge in [-0.1, -0.05) is 0 Å². The van der Waals surface area contributed by atoms with Crippen LogP contribution in [-0.2, 0) is 6.54 Å². The standard InChI is InChI=1S/C27H28F3N7O/c1-27(29,30)16-37-17-32-23(18-3-5-19(28)6-4-18)24(37)25-31-15-22(34-25)26(38)33-20-7-9-21(10-8-20)36-13-11-35(2)12-14-36/h3-10,15,17H,11-14,16H2,1-2H3,(H,31,34)(H,33,38). The largest absolute Gasteiger partial charge is 0.369 e. The SMILES string of the molecule is CN1CCN(c2ccc(NC(=O)c3cnc(-c4c(-c5ccc(F)cc5)ncn4CC(C)(F)F)[nH]3)cc2)CC1. The number of halogens is 3. The van der Waals surface area contributed by atoms with Crippen LogP contribution in [0.25, 0.3) is 22.8 Å². The van der Waals surface area contributed by atoms with Crippen LogP contribution in [0.5, 0.6) is 0 Å². The summed E-state index contributed by atoms with van der Waals surface area (Å²) in [4.78, 5) is 29.0. The Morgan fingerprint density at radius 2 is 1.71 bits per heavy atom. The molecule has 0 unspecified atom stereocenters. The average Bonchev–Trinajstić information content (AvgIpc) is 3.52. The summed E-state index contributed by atoms with van der Waals surface area (Å²) in [6, 6.07) is 13.2. The number of alkyl halides is 2. The molecule has 38 heavy (non-hydrogen) atoms. The Labute approximate surface area is 218 Å². The van der Waals surface area contributed by atoms with Gasteiger partial charge in [0.05, 0.1) is 24.8 Å². The van der Waals surface area contributed by atoms with Gasteiger partial charge in [0.1, 0.15) is 17.2 Å². The van der Waals surface area contributed by atoms with Crippen LogP contribution in [0.15, 0.2) is 61.1 Å². The van der Waals surface area contributed by atoms with Gasteiger partial charge in [-0.25, -0.2) is 23.1 Å². The molecule has 0 radical (unpaired) electrons. The molecule has 1 aliphatic rings. The van der Waals surface area contributed by atoms with Gasteiger partial charge in [0, 0.05) is 50.0 Å². The molecule has 8 nitrogen and oxygen atoms in total. The van der Waals surface area contributed by atoms with E-state index in [4.69, 9.17) is 0 Å². The predicted molar refractivity (Wildman–Crippen MR) is 140 cm³/mol. The number of anilines is 2. The molecule has 4 aromatic rings. The maximum absolute atomic E-state index is 13.9. The van der Waals surface area contributed by atoms with E-state index in [9.17, 15) is 18.0 Å². The fourth-order valence-electron chi connectivity index (χ4n) is 4.44. The third-order valence-corrected chi connectivity index (χ3v) is 6.44. The molecule has 0 atom stereocenters. The number of nitrogens with one attached hydrogen (secondary N) is 2. The summed E-state index contributed by atoms with van der Waals surface area (Å²) in [6.07, 6.45) is 2.63. The zero-order valence-electron chi connectivity index (χ0n) is 21.1. The lowest BCUT2D eigenvalue weighted by Gasteiger charge is -2.34. The van der Waals surface area contributed by atoms with Crippen LogP contribution in [0.3, 0.4) is 0 Å². The topological polar surface area (TPSA) is 82.1 Å². The Hall–Kier alpha value is -4.12. The number of rotatable bonds is 7. The molecular formula is C27H28F3N7O. The molecule has 2 N–H and O–H groups in total. The molecule has 3 heterocycles. The maximum atomic E-state index is 13.9. The number of amides is 1. The number of carbonyl (C=O) groups excluding carboxylic acids is 1. The molecule has 1 fully saturated rings. The zero-order valence-corrected chi connectivity index (χ0v) is 21.1. The Balaban J connectivity index is 1.36. The highest BCUT2D eigenvalue weighted by Gasteiger charge is 2.27. The maximum Gasteiger partial charge on any atom is 0.273 e. The lowest BCUT2D eigenvalue weighted by atomic mass is 10.1. The number of aromatic amines is 1. The fraction of sp³-hybridized carbons (Fsp3) is 0.296. The first-order valence-electron chi connectivity index (χ1n) is 12.3. The lowest BCUT2D eigenvalue weighted by molar-refractivity contribution is 0.00427. The van der Waals surface area contributed by atoms with Crippen molar-refractivity contribution in [1.82, 2.24) is 24.4 Å². The van der Waals surface area contributed by atoms with Crippen molar-refractivity contribution in [2.45, 2.75) is 19.4 Å². The molecule has 5 rings (SSSR count). The van der Waals surface area contributed by atoms with Crippen LogP contribution in [-0.4, -0.2) is 69.5 Å². The van der Waals surface area contributed by atoms with E-state index in [1.165, 1.54) is 41.4 Å². The molecule has 1 saturated heterocycles. The third-order valence-electron chi connectivity index (χ3n) is 6.44. The number of likely N-dealkylation sites (N-methyl/N-ethyl adjacent to an activating group) is 1. The van der Waals surface area contributed by atoms with E-state index < -0.39 is 24.2 Å². The number of benzene rings is 2. The molecule has 198 valence electrons. The molecule has 11 heteroatoms. The van der Waals surface area contributed by atoms with E-state index in [-0.39, 0.29) is 17.2 Å². The first-order chi connectivity index (χ1) is 18.2. The van der Waals surface area contributed by atoms with Crippen molar-refractivity contribution in [2.24, 2.45) is 0 Å². The molecule has 2 aromatic carbocycles. The van der Waals surface area contributed by atoms with Gasteiger partial charge in [0.15, 0.2) is 5.82 Å². The first-order valence-corrected chi connectivity index (χ1v) is 12.3. The van der Waals surface area contributed by atoms with E-state index in [1.807, 2.05) is 24.3 Å².